The monoisotopic (exact) mass is 302 g/mol. The molecule has 0 saturated carbocycles. The summed E-state index contributed by atoms with van der Waals surface area (Å²) in [7, 11) is 3.67. The summed E-state index contributed by atoms with van der Waals surface area (Å²) in [6.45, 7) is 2.10. The van der Waals surface area contributed by atoms with Crippen molar-refractivity contribution in [1.82, 2.24) is 9.88 Å². The van der Waals surface area contributed by atoms with Crippen molar-refractivity contribution in [1.29, 1.82) is 0 Å². The van der Waals surface area contributed by atoms with Crippen molar-refractivity contribution in [2.75, 3.05) is 20.7 Å². The Morgan fingerprint density at radius 2 is 2.11 bits per heavy atom. The lowest BCUT2D eigenvalue weighted by molar-refractivity contribution is -0.138. The average molecular weight is 303 g/mol. The van der Waals surface area contributed by atoms with Gasteiger partial charge in [-0.05, 0) is 18.6 Å². The van der Waals surface area contributed by atoms with E-state index in [0.717, 1.165) is 5.56 Å². The first-order valence-electron chi connectivity index (χ1n) is 5.79. The van der Waals surface area contributed by atoms with E-state index >= 15 is 0 Å². The van der Waals surface area contributed by atoms with Crippen molar-refractivity contribution in [3.05, 3.63) is 39.8 Å². The second kappa shape index (κ2) is 7.36. The van der Waals surface area contributed by atoms with Crippen LogP contribution in [0.4, 0.5) is 0 Å². The fraction of sp³-hybridized carbons (Fsp3) is 0.385. The van der Waals surface area contributed by atoms with Gasteiger partial charge in [0.05, 0.1) is 12.2 Å². The maximum atomic E-state index is 11.9. The van der Waals surface area contributed by atoms with Gasteiger partial charge in [-0.3, -0.25) is 0 Å². The predicted molar refractivity (Wildman–Crippen MR) is 76.4 cm³/mol. The molecule has 0 atom stereocenters. The standard InChI is InChI=1S/C13H16Cl2N2O2/c1-4-19-13(18)10(8-17(2)3)7-9-5-6-11(14)16-12(9)15/h5-6,8H,4,7H2,1-3H3/b10-8+. The van der Waals surface area contributed by atoms with Gasteiger partial charge in [0.15, 0.2) is 0 Å². The highest BCUT2D eigenvalue weighted by Gasteiger charge is 2.14. The molecule has 0 aliphatic heterocycles. The topological polar surface area (TPSA) is 42.4 Å². The minimum atomic E-state index is -0.359. The highest BCUT2D eigenvalue weighted by molar-refractivity contribution is 6.32. The first-order chi connectivity index (χ1) is 8.93. The van der Waals surface area contributed by atoms with Crippen LogP contribution < -0.4 is 0 Å². The highest BCUT2D eigenvalue weighted by Crippen LogP contribution is 2.20. The van der Waals surface area contributed by atoms with Crippen LogP contribution in [0.2, 0.25) is 10.3 Å². The molecule has 0 saturated heterocycles. The molecule has 0 aromatic carbocycles. The number of aromatic nitrogens is 1. The third-order valence-corrected chi connectivity index (χ3v) is 2.76. The number of halogens is 2. The minimum Gasteiger partial charge on any atom is -0.463 e. The van der Waals surface area contributed by atoms with Gasteiger partial charge in [-0.1, -0.05) is 29.3 Å². The molecular formula is C13H16Cl2N2O2. The van der Waals surface area contributed by atoms with Crippen LogP contribution in [-0.4, -0.2) is 36.6 Å². The second-order valence-electron chi connectivity index (χ2n) is 4.10. The number of ether oxygens (including phenoxy) is 1. The zero-order valence-corrected chi connectivity index (χ0v) is 12.6. The molecule has 1 aromatic rings. The van der Waals surface area contributed by atoms with Crippen molar-refractivity contribution in [2.45, 2.75) is 13.3 Å². The maximum absolute atomic E-state index is 11.9. The molecule has 1 rings (SSSR count). The van der Waals surface area contributed by atoms with Crippen LogP contribution in [0.5, 0.6) is 0 Å². The van der Waals surface area contributed by atoms with Crippen molar-refractivity contribution in [2.24, 2.45) is 0 Å². The summed E-state index contributed by atoms with van der Waals surface area (Å²) in [4.78, 5) is 17.6. The molecule has 1 heterocycles. The summed E-state index contributed by atoms with van der Waals surface area (Å²) in [6, 6.07) is 3.39. The molecule has 0 amide bonds. The number of hydrogen-bond acceptors (Lipinski definition) is 4. The van der Waals surface area contributed by atoms with Gasteiger partial charge in [-0.15, -0.1) is 0 Å². The third-order valence-electron chi connectivity index (χ3n) is 2.22. The van der Waals surface area contributed by atoms with Gasteiger partial charge in [0.1, 0.15) is 10.3 Å². The van der Waals surface area contributed by atoms with Crippen LogP contribution in [0, 0.1) is 0 Å². The van der Waals surface area contributed by atoms with E-state index in [1.54, 1.807) is 30.2 Å². The van der Waals surface area contributed by atoms with Gasteiger partial charge in [0.25, 0.3) is 0 Å². The van der Waals surface area contributed by atoms with Gasteiger partial charge in [-0.25, -0.2) is 9.78 Å². The zero-order valence-electron chi connectivity index (χ0n) is 11.1. The molecule has 0 fully saturated rings. The third kappa shape index (κ3) is 5.09. The van der Waals surface area contributed by atoms with E-state index in [-0.39, 0.29) is 5.97 Å². The maximum Gasteiger partial charge on any atom is 0.335 e. The lowest BCUT2D eigenvalue weighted by atomic mass is 10.1. The molecule has 6 heteroatoms. The van der Waals surface area contributed by atoms with E-state index in [2.05, 4.69) is 4.98 Å². The number of rotatable bonds is 5. The molecular weight excluding hydrogens is 287 g/mol. The summed E-state index contributed by atoms with van der Waals surface area (Å²) in [5.74, 6) is -0.359. The Morgan fingerprint density at radius 1 is 1.42 bits per heavy atom. The fourth-order valence-corrected chi connectivity index (χ4v) is 1.90. The Balaban J connectivity index is 2.97. The quantitative estimate of drug-likeness (QED) is 0.476. The van der Waals surface area contributed by atoms with Crippen LogP contribution in [-0.2, 0) is 16.0 Å². The predicted octanol–water partition coefficient (Wildman–Crippen LogP) is 2.94. The van der Waals surface area contributed by atoms with Gasteiger partial charge < -0.3 is 9.64 Å². The molecule has 0 aliphatic carbocycles. The molecule has 104 valence electrons. The first kappa shape index (κ1) is 15.8. The average Bonchev–Trinajstić information content (AvgIpc) is 2.31. The van der Waals surface area contributed by atoms with Crippen molar-refractivity contribution >= 4 is 29.2 Å². The summed E-state index contributed by atoms with van der Waals surface area (Å²) in [5, 5.41) is 0.615. The van der Waals surface area contributed by atoms with E-state index < -0.39 is 0 Å². The van der Waals surface area contributed by atoms with Crippen LogP contribution in [0.25, 0.3) is 0 Å². The number of esters is 1. The molecule has 4 nitrogen and oxygen atoms in total. The van der Waals surface area contributed by atoms with Gasteiger partial charge in [0, 0.05) is 26.7 Å². The first-order valence-corrected chi connectivity index (χ1v) is 6.54. The zero-order chi connectivity index (χ0) is 14.4. The molecule has 0 bridgehead atoms. The van der Waals surface area contributed by atoms with Crippen molar-refractivity contribution < 1.29 is 9.53 Å². The SMILES string of the molecule is CCOC(=O)/C(=C/N(C)C)Cc1ccc(Cl)nc1Cl. The van der Waals surface area contributed by atoms with E-state index in [1.807, 2.05) is 14.1 Å². The number of pyridine rings is 1. The fourth-order valence-electron chi connectivity index (χ4n) is 1.48. The van der Waals surface area contributed by atoms with E-state index in [1.165, 1.54) is 0 Å². The lowest BCUT2D eigenvalue weighted by Crippen LogP contribution is -2.14. The molecule has 0 spiro atoms. The van der Waals surface area contributed by atoms with Crippen LogP contribution in [0.1, 0.15) is 12.5 Å². The van der Waals surface area contributed by atoms with Gasteiger partial charge in [0.2, 0.25) is 0 Å². The van der Waals surface area contributed by atoms with Crippen molar-refractivity contribution in [3.8, 4) is 0 Å². The van der Waals surface area contributed by atoms with Gasteiger partial charge >= 0.3 is 5.97 Å². The largest absolute Gasteiger partial charge is 0.463 e. The van der Waals surface area contributed by atoms with Crippen LogP contribution in [0.3, 0.4) is 0 Å². The van der Waals surface area contributed by atoms with Gasteiger partial charge in [-0.2, -0.15) is 0 Å². The Bertz CT molecular complexity index is 488. The molecule has 0 unspecified atom stereocenters. The summed E-state index contributed by atoms with van der Waals surface area (Å²) >= 11 is 11.7. The smallest absolute Gasteiger partial charge is 0.335 e. The van der Waals surface area contributed by atoms with E-state index in [4.69, 9.17) is 27.9 Å². The molecule has 1 aromatic heterocycles. The van der Waals surface area contributed by atoms with Crippen LogP contribution >= 0.6 is 23.2 Å². The summed E-state index contributed by atoms with van der Waals surface area (Å²) < 4.78 is 5.02. The Morgan fingerprint density at radius 3 is 2.63 bits per heavy atom. The highest BCUT2D eigenvalue weighted by atomic mass is 35.5. The normalized spacial score (nSPS) is 11.3. The van der Waals surface area contributed by atoms with Crippen LogP contribution in [0.15, 0.2) is 23.9 Å². The Labute approximate surface area is 123 Å². The number of carbonyl (C=O) groups is 1. The number of hydrogen-bond donors (Lipinski definition) is 0. The second-order valence-corrected chi connectivity index (χ2v) is 4.84. The summed E-state index contributed by atoms with van der Waals surface area (Å²) in [5.41, 5.74) is 1.24. The van der Waals surface area contributed by atoms with Crippen molar-refractivity contribution in [3.63, 3.8) is 0 Å². The Hall–Kier alpha value is -1.26. The lowest BCUT2D eigenvalue weighted by Gasteiger charge is -2.12. The molecule has 0 radical (unpaired) electrons. The molecule has 0 N–H and O–H groups in total. The molecule has 0 aliphatic rings. The van der Waals surface area contributed by atoms with E-state index in [0.29, 0.717) is 28.9 Å². The summed E-state index contributed by atoms with van der Waals surface area (Å²) in [6.07, 6.45) is 2.06. The molecule has 19 heavy (non-hydrogen) atoms. The number of nitrogens with zero attached hydrogens (tertiary/aromatic N) is 2. The Kier molecular flexibility index (Phi) is 6.12. The number of carbonyl (C=O) groups excluding carboxylic acids is 1. The van der Waals surface area contributed by atoms with E-state index in [9.17, 15) is 4.79 Å². The minimum absolute atomic E-state index is 0.293.